The predicted molar refractivity (Wildman–Crippen MR) is 95.9 cm³/mol. The van der Waals surface area contributed by atoms with Gasteiger partial charge in [-0.1, -0.05) is 17.8 Å². The topological polar surface area (TPSA) is 64.2 Å². The number of hydrogen-bond donors (Lipinski definition) is 0. The van der Waals surface area contributed by atoms with Gasteiger partial charge in [0.05, 0.1) is 17.1 Å². The van der Waals surface area contributed by atoms with E-state index in [1.165, 1.54) is 11.8 Å². The van der Waals surface area contributed by atoms with Gasteiger partial charge in [0.15, 0.2) is 11.0 Å². The first-order valence-electron chi connectivity index (χ1n) is 8.07. The lowest BCUT2D eigenvalue weighted by molar-refractivity contribution is -0.129. The molecule has 24 heavy (non-hydrogen) atoms. The van der Waals surface area contributed by atoms with Crippen LogP contribution in [0.1, 0.15) is 26.5 Å². The van der Waals surface area contributed by atoms with Crippen LogP contribution < -0.4 is 0 Å². The van der Waals surface area contributed by atoms with Crippen molar-refractivity contribution in [1.82, 2.24) is 19.7 Å². The van der Waals surface area contributed by atoms with Crippen molar-refractivity contribution in [2.45, 2.75) is 44.6 Å². The summed E-state index contributed by atoms with van der Waals surface area (Å²) in [6, 6.07) is 1.87. The third kappa shape index (κ3) is 3.72. The number of amides is 1. The van der Waals surface area contributed by atoms with Crippen LogP contribution in [0.15, 0.2) is 34.6 Å². The minimum absolute atomic E-state index is 0.110. The van der Waals surface area contributed by atoms with Crippen molar-refractivity contribution in [3.05, 3.63) is 30.7 Å². The number of nitrogens with zero attached hydrogens (tertiary/aromatic N) is 4. The number of carbonyl (C=O) groups excluding carboxylic acids is 1. The number of aromatic nitrogens is 3. The fourth-order valence-electron chi connectivity index (χ4n) is 2.49. The second-order valence-electron chi connectivity index (χ2n) is 5.37. The zero-order chi connectivity index (χ0) is 17.7. The molecule has 1 atom stereocenters. The van der Waals surface area contributed by atoms with Crippen LogP contribution in [-0.4, -0.2) is 43.9 Å². The molecule has 2 heterocycles. The van der Waals surface area contributed by atoms with E-state index in [1.807, 2.05) is 43.2 Å². The summed E-state index contributed by atoms with van der Waals surface area (Å²) in [7, 11) is 0. The normalized spacial score (nSPS) is 12.2. The monoisotopic (exact) mass is 348 g/mol. The number of allylic oxidation sites excluding steroid dienone is 1. The molecule has 2 aromatic heterocycles. The van der Waals surface area contributed by atoms with E-state index in [4.69, 9.17) is 4.42 Å². The molecule has 0 aromatic carbocycles. The van der Waals surface area contributed by atoms with E-state index in [0.717, 1.165) is 17.1 Å². The first-order chi connectivity index (χ1) is 11.5. The Morgan fingerprint density at radius 2 is 2.17 bits per heavy atom. The van der Waals surface area contributed by atoms with Gasteiger partial charge in [-0.05, 0) is 33.8 Å². The van der Waals surface area contributed by atoms with Crippen LogP contribution in [0.3, 0.4) is 0 Å². The Hall–Kier alpha value is -2.02. The van der Waals surface area contributed by atoms with Crippen LogP contribution in [0.25, 0.3) is 11.4 Å². The molecular weight excluding hydrogens is 324 g/mol. The van der Waals surface area contributed by atoms with Gasteiger partial charge in [0.1, 0.15) is 5.76 Å². The van der Waals surface area contributed by atoms with Crippen LogP contribution >= 0.6 is 11.8 Å². The molecule has 0 aliphatic rings. The summed E-state index contributed by atoms with van der Waals surface area (Å²) in [4.78, 5) is 14.3. The molecule has 0 N–H and O–H groups in total. The molecule has 0 spiro atoms. The second-order valence-corrected chi connectivity index (χ2v) is 6.67. The lowest BCUT2D eigenvalue weighted by atomic mass is 10.2. The third-order valence-electron chi connectivity index (χ3n) is 3.83. The van der Waals surface area contributed by atoms with Gasteiger partial charge in [-0.25, -0.2) is 0 Å². The molecule has 0 fully saturated rings. The zero-order valence-electron chi connectivity index (χ0n) is 14.7. The molecule has 0 aliphatic heterocycles. The molecule has 0 saturated carbocycles. The summed E-state index contributed by atoms with van der Waals surface area (Å²) < 4.78 is 7.33. The SMILES string of the molecule is C=CCn1c(SC(C)C(=O)N(CC)CC)nnc1-c1ccoc1C. The smallest absolute Gasteiger partial charge is 0.235 e. The van der Waals surface area contributed by atoms with Gasteiger partial charge >= 0.3 is 0 Å². The summed E-state index contributed by atoms with van der Waals surface area (Å²) >= 11 is 1.42. The number of furan rings is 1. The Bertz CT molecular complexity index is 703. The number of aryl methyl sites for hydroxylation is 1. The van der Waals surface area contributed by atoms with Gasteiger partial charge in [-0.2, -0.15) is 0 Å². The van der Waals surface area contributed by atoms with Gasteiger partial charge in [0.25, 0.3) is 0 Å². The molecule has 130 valence electrons. The average Bonchev–Trinajstić information content (AvgIpc) is 3.15. The van der Waals surface area contributed by atoms with Gasteiger partial charge < -0.3 is 9.32 Å². The second kappa shape index (κ2) is 8.19. The molecule has 0 saturated heterocycles. The van der Waals surface area contributed by atoms with E-state index in [2.05, 4.69) is 16.8 Å². The van der Waals surface area contributed by atoms with Crippen LogP contribution in [0.5, 0.6) is 0 Å². The van der Waals surface area contributed by atoms with E-state index in [9.17, 15) is 4.79 Å². The van der Waals surface area contributed by atoms with Crippen molar-refractivity contribution in [2.75, 3.05) is 13.1 Å². The Morgan fingerprint density at radius 1 is 1.46 bits per heavy atom. The van der Waals surface area contributed by atoms with Crippen molar-refractivity contribution < 1.29 is 9.21 Å². The highest BCUT2D eigenvalue weighted by atomic mass is 32.2. The quantitative estimate of drug-likeness (QED) is 0.540. The van der Waals surface area contributed by atoms with Gasteiger partial charge in [-0.3, -0.25) is 9.36 Å². The maximum Gasteiger partial charge on any atom is 0.235 e. The van der Waals surface area contributed by atoms with Crippen molar-refractivity contribution >= 4 is 17.7 Å². The molecule has 1 unspecified atom stereocenters. The first-order valence-corrected chi connectivity index (χ1v) is 8.95. The number of thioether (sulfide) groups is 1. The van der Waals surface area contributed by atoms with E-state index >= 15 is 0 Å². The lowest BCUT2D eigenvalue weighted by Crippen LogP contribution is -2.36. The number of hydrogen-bond acceptors (Lipinski definition) is 5. The summed E-state index contributed by atoms with van der Waals surface area (Å²) in [6.07, 6.45) is 3.43. The maximum absolute atomic E-state index is 12.5. The lowest BCUT2D eigenvalue weighted by Gasteiger charge is -2.22. The Balaban J connectivity index is 2.28. The zero-order valence-corrected chi connectivity index (χ0v) is 15.5. The minimum Gasteiger partial charge on any atom is -0.469 e. The molecule has 6 nitrogen and oxygen atoms in total. The highest BCUT2D eigenvalue weighted by Crippen LogP contribution is 2.29. The van der Waals surface area contributed by atoms with Gasteiger partial charge in [-0.15, -0.1) is 16.8 Å². The molecule has 1 amide bonds. The standard InChI is InChI=1S/C17H24N4O2S/c1-6-10-21-15(14-9-11-23-12(14)4)18-19-17(21)24-13(5)16(22)20(7-2)8-3/h6,9,11,13H,1,7-8,10H2,2-5H3. The molecule has 0 bridgehead atoms. The Morgan fingerprint density at radius 3 is 2.71 bits per heavy atom. The van der Waals surface area contributed by atoms with E-state index in [0.29, 0.717) is 24.8 Å². The van der Waals surface area contributed by atoms with Crippen molar-refractivity contribution in [1.29, 1.82) is 0 Å². The van der Waals surface area contributed by atoms with E-state index < -0.39 is 0 Å². The summed E-state index contributed by atoms with van der Waals surface area (Å²) in [6.45, 7) is 13.6. The first kappa shape index (κ1) is 18.3. The van der Waals surface area contributed by atoms with Crippen LogP contribution in [0.2, 0.25) is 0 Å². The number of carbonyl (C=O) groups is 1. The molecule has 0 radical (unpaired) electrons. The highest BCUT2D eigenvalue weighted by molar-refractivity contribution is 8.00. The minimum atomic E-state index is -0.226. The molecule has 2 aromatic rings. The number of rotatable bonds is 8. The average molecular weight is 348 g/mol. The molecule has 7 heteroatoms. The molecule has 0 aliphatic carbocycles. The predicted octanol–water partition coefficient (Wildman–Crippen LogP) is 3.38. The summed E-state index contributed by atoms with van der Waals surface area (Å²) in [5.41, 5.74) is 0.902. The van der Waals surface area contributed by atoms with Crippen molar-refractivity contribution in [3.8, 4) is 11.4 Å². The van der Waals surface area contributed by atoms with E-state index in [-0.39, 0.29) is 11.2 Å². The van der Waals surface area contributed by atoms with Gasteiger partial charge in [0, 0.05) is 19.6 Å². The Labute approximate surface area is 146 Å². The van der Waals surface area contributed by atoms with E-state index in [1.54, 1.807) is 12.3 Å². The summed E-state index contributed by atoms with van der Waals surface area (Å²) in [5.74, 6) is 1.63. The molecular formula is C17H24N4O2S. The van der Waals surface area contributed by atoms with Gasteiger partial charge in [0.2, 0.25) is 5.91 Å². The fourth-order valence-corrected chi connectivity index (χ4v) is 3.43. The summed E-state index contributed by atoms with van der Waals surface area (Å²) in [5, 5.41) is 9.06. The maximum atomic E-state index is 12.5. The van der Waals surface area contributed by atoms with Crippen molar-refractivity contribution in [3.63, 3.8) is 0 Å². The van der Waals surface area contributed by atoms with Crippen LogP contribution in [-0.2, 0) is 11.3 Å². The van der Waals surface area contributed by atoms with Crippen LogP contribution in [0, 0.1) is 6.92 Å². The van der Waals surface area contributed by atoms with Crippen LogP contribution in [0.4, 0.5) is 0 Å². The largest absolute Gasteiger partial charge is 0.469 e. The molecule has 2 rings (SSSR count). The Kier molecular flexibility index (Phi) is 6.25. The highest BCUT2D eigenvalue weighted by Gasteiger charge is 2.23. The third-order valence-corrected chi connectivity index (χ3v) is 4.90. The fraction of sp³-hybridized carbons (Fsp3) is 0.471. The van der Waals surface area contributed by atoms with Crippen molar-refractivity contribution in [2.24, 2.45) is 0 Å².